The Morgan fingerprint density at radius 2 is 1.72 bits per heavy atom. The third kappa shape index (κ3) is 5.36. The number of nitrogens with zero attached hydrogens (tertiary/aromatic N) is 1. The van der Waals surface area contributed by atoms with E-state index in [4.69, 9.17) is 16.3 Å². The zero-order valence-electron chi connectivity index (χ0n) is 17.7. The lowest BCUT2D eigenvalue weighted by Gasteiger charge is -2.20. The van der Waals surface area contributed by atoms with Gasteiger partial charge in [0.2, 0.25) is 5.91 Å². The number of hydrogen-bond acceptors (Lipinski definition) is 3. The van der Waals surface area contributed by atoms with Gasteiger partial charge in [-0.25, -0.2) is 0 Å². The van der Waals surface area contributed by atoms with Crippen LogP contribution in [0.25, 0.3) is 0 Å². The number of ether oxygens (including phenoxy) is 1. The Hall–Kier alpha value is -3.15. The standard InChI is InChI=1S/C26H25ClN2O3/c27-22-12-13-23(24(15-22)29-14-6-11-25(29)30)26(31)28-16-20-9-4-5-10-21(20)18-32-17-19-7-2-1-3-8-19/h1-5,7-10,12-13,15H,6,11,14,16-18H2,(H,28,31). The van der Waals surface area contributed by atoms with E-state index in [2.05, 4.69) is 5.32 Å². The lowest BCUT2D eigenvalue weighted by atomic mass is 10.1. The number of anilines is 1. The molecule has 6 heteroatoms. The Balaban J connectivity index is 1.42. The number of rotatable bonds is 8. The molecular weight excluding hydrogens is 424 g/mol. The van der Waals surface area contributed by atoms with Gasteiger partial charge in [0.05, 0.1) is 24.5 Å². The summed E-state index contributed by atoms with van der Waals surface area (Å²) in [4.78, 5) is 26.9. The summed E-state index contributed by atoms with van der Waals surface area (Å²) in [6, 6.07) is 22.9. The van der Waals surface area contributed by atoms with Gasteiger partial charge >= 0.3 is 0 Å². The predicted octanol–water partition coefficient (Wildman–Crippen LogP) is 5.11. The van der Waals surface area contributed by atoms with Crippen LogP contribution in [0, 0.1) is 0 Å². The van der Waals surface area contributed by atoms with E-state index in [1.54, 1.807) is 23.1 Å². The molecule has 0 atom stereocenters. The van der Waals surface area contributed by atoms with Crippen LogP contribution in [0.1, 0.15) is 39.9 Å². The summed E-state index contributed by atoms with van der Waals surface area (Å²) in [5.41, 5.74) is 4.14. The number of carbonyl (C=O) groups excluding carboxylic acids is 2. The van der Waals surface area contributed by atoms with Gasteiger partial charge in [-0.3, -0.25) is 9.59 Å². The van der Waals surface area contributed by atoms with Gasteiger partial charge in [-0.2, -0.15) is 0 Å². The minimum atomic E-state index is -0.239. The second-order valence-corrected chi connectivity index (χ2v) is 8.18. The first-order chi connectivity index (χ1) is 15.6. The smallest absolute Gasteiger partial charge is 0.253 e. The Bertz CT molecular complexity index is 1100. The molecule has 0 aliphatic carbocycles. The molecule has 3 aromatic rings. The first-order valence-corrected chi connectivity index (χ1v) is 11.1. The monoisotopic (exact) mass is 448 g/mol. The summed E-state index contributed by atoms with van der Waals surface area (Å²) in [7, 11) is 0. The maximum absolute atomic E-state index is 13.0. The second-order valence-electron chi connectivity index (χ2n) is 7.74. The number of hydrogen-bond donors (Lipinski definition) is 1. The summed E-state index contributed by atoms with van der Waals surface area (Å²) >= 11 is 6.15. The van der Waals surface area contributed by atoms with Gasteiger partial charge in [-0.05, 0) is 41.3 Å². The molecule has 0 saturated carbocycles. The van der Waals surface area contributed by atoms with Crippen molar-refractivity contribution in [3.63, 3.8) is 0 Å². The highest BCUT2D eigenvalue weighted by molar-refractivity contribution is 6.31. The molecule has 164 valence electrons. The van der Waals surface area contributed by atoms with Crippen LogP contribution >= 0.6 is 11.6 Å². The summed E-state index contributed by atoms with van der Waals surface area (Å²) < 4.78 is 5.88. The predicted molar refractivity (Wildman–Crippen MR) is 126 cm³/mol. The van der Waals surface area contributed by atoms with Crippen LogP contribution in [0.2, 0.25) is 5.02 Å². The van der Waals surface area contributed by atoms with Gasteiger partial charge in [0.25, 0.3) is 5.91 Å². The fraction of sp³-hybridized carbons (Fsp3) is 0.231. The van der Waals surface area contributed by atoms with Crippen LogP contribution in [0.5, 0.6) is 0 Å². The minimum Gasteiger partial charge on any atom is -0.372 e. The van der Waals surface area contributed by atoms with E-state index in [1.165, 1.54) is 0 Å². The topological polar surface area (TPSA) is 58.6 Å². The molecule has 1 heterocycles. The fourth-order valence-corrected chi connectivity index (χ4v) is 3.98. The first kappa shape index (κ1) is 22.1. The molecule has 0 spiro atoms. The molecule has 0 unspecified atom stereocenters. The normalized spacial score (nSPS) is 13.4. The minimum absolute atomic E-state index is 0.0160. The van der Waals surface area contributed by atoms with Gasteiger partial charge in [0.1, 0.15) is 0 Å². The van der Waals surface area contributed by atoms with Crippen LogP contribution in [-0.4, -0.2) is 18.4 Å². The molecule has 1 saturated heterocycles. The van der Waals surface area contributed by atoms with Crippen molar-refractivity contribution in [1.29, 1.82) is 0 Å². The molecular formula is C26H25ClN2O3. The molecule has 5 nitrogen and oxygen atoms in total. The molecule has 1 N–H and O–H groups in total. The Kier molecular flexibility index (Phi) is 7.20. The average Bonchev–Trinajstić information content (AvgIpc) is 3.24. The molecule has 1 fully saturated rings. The lowest BCUT2D eigenvalue weighted by Crippen LogP contribution is -2.29. The molecule has 4 rings (SSSR count). The second kappa shape index (κ2) is 10.4. The third-order valence-electron chi connectivity index (χ3n) is 5.50. The van der Waals surface area contributed by atoms with Crippen LogP contribution in [0.3, 0.4) is 0 Å². The molecule has 32 heavy (non-hydrogen) atoms. The van der Waals surface area contributed by atoms with Crippen molar-refractivity contribution >= 4 is 29.1 Å². The van der Waals surface area contributed by atoms with Crippen LogP contribution in [0.4, 0.5) is 5.69 Å². The van der Waals surface area contributed by atoms with Crippen molar-refractivity contribution in [2.45, 2.75) is 32.6 Å². The molecule has 3 aromatic carbocycles. The van der Waals surface area contributed by atoms with Gasteiger partial charge in [-0.15, -0.1) is 0 Å². The van der Waals surface area contributed by atoms with Gasteiger partial charge < -0.3 is 15.0 Å². The van der Waals surface area contributed by atoms with Gasteiger partial charge in [0, 0.05) is 24.5 Å². The Morgan fingerprint density at radius 1 is 0.969 bits per heavy atom. The van der Waals surface area contributed by atoms with E-state index in [0.29, 0.717) is 49.0 Å². The van der Waals surface area contributed by atoms with Crippen LogP contribution in [0.15, 0.2) is 72.8 Å². The van der Waals surface area contributed by atoms with Gasteiger partial charge in [-0.1, -0.05) is 66.2 Å². The maximum atomic E-state index is 13.0. The highest BCUT2D eigenvalue weighted by atomic mass is 35.5. The Labute approximate surface area is 193 Å². The molecule has 1 aliphatic heterocycles. The van der Waals surface area contributed by atoms with E-state index >= 15 is 0 Å². The zero-order chi connectivity index (χ0) is 22.3. The number of amides is 2. The van der Waals surface area contributed by atoms with Crippen molar-refractivity contribution in [3.05, 3.63) is 100 Å². The highest BCUT2D eigenvalue weighted by Gasteiger charge is 2.26. The molecule has 2 amide bonds. The highest BCUT2D eigenvalue weighted by Crippen LogP contribution is 2.28. The third-order valence-corrected chi connectivity index (χ3v) is 5.73. The van der Waals surface area contributed by atoms with Crippen molar-refractivity contribution in [1.82, 2.24) is 5.32 Å². The quantitative estimate of drug-likeness (QED) is 0.520. The van der Waals surface area contributed by atoms with Crippen molar-refractivity contribution in [3.8, 4) is 0 Å². The number of carbonyl (C=O) groups is 2. The first-order valence-electron chi connectivity index (χ1n) is 10.7. The number of benzene rings is 3. The lowest BCUT2D eigenvalue weighted by molar-refractivity contribution is -0.117. The summed E-state index contributed by atoms with van der Waals surface area (Å²) in [6.07, 6.45) is 1.27. The van der Waals surface area contributed by atoms with Crippen molar-refractivity contribution in [2.75, 3.05) is 11.4 Å². The van der Waals surface area contributed by atoms with Gasteiger partial charge in [0.15, 0.2) is 0 Å². The van der Waals surface area contributed by atoms with Crippen LogP contribution < -0.4 is 10.2 Å². The largest absolute Gasteiger partial charge is 0.372 e. The summed E-state index contributed by atoms with van der Waals surface area (Å²) in [5, 5.41) is 3.48. The molecule has 0 radical (unpaired) electrons. The van der Waals surface area contributed by atoms with E-state index < -0.39 is 0 Å². The average molecular weight is 449 g/mol. The number of nitrogens with one attached hydrogen (secondary N) is 1. The van der Waals surface area contributed by atoms with E-state index in [9.17, 15) is 9.59 Å². The maximum Gasteiger partial charge on any atom is 0.253 e. The molecule has 0 bridgehead atoms. The molecule has 1 aliphatic rings. The Morgan fingerprint density at radius 3 is 2.47 bits per heavy atom. The summed E-state index contributed by atoms with van der Waals surface area (Å²) in [5.74, 6) is -0.224. The van der Waals surface area contributed by atoms with Crippen LogP contribution in [-0.2, 0) is 29.3 Å². The van der Waals surface area contributed by atoms with E-state index in [1.807, 2.05) is 54.6 Å². The number of halogens is 1. The summed E-state index contributed by atoms with van der Waals surface area (Å²) in [6.45, 7) is 1.94. The van der Waals surface area contributed by atoms with Crippen molar-refractivity contribution in [2.24, 2.45) is 0 Å². The van der Waals surface area contributed by atoms with E-state index in [-0.39, 0.29) is 11.8 Å². The SMILES string of the molecule is O=C(NCc1ccccc1COCc1ccccc1)c1ccc(Cl)cc1N1CCCC1=O. The molecule has 0 aromatic heterocycles. The van der Waals surface area contributed by atoms with E-state index in [0.717, 1.165) is 23.1 Å². The van der Waals surface area contributed by atoms with Crippen molar-refractivity contribution < 1.29 is 14.3 Å². The zero-order valence-corrected chi connectivity index (χ0v) is 18.5. The fourth-order valence-electron chi connectivity index (χ4n) is 3.82.